The predicted octanol–water partition coefficient (Wildman–Crippen LogP) is 1.87. The first-order valence-electron chi connectivity index (χ1n) is 7.17. The summed E-state index contributed by atoms with van der Waals surface area (Å²) >= 11 is 0. The molecule has 1 aliphatic carbocycles. The van der Waals surface area contributed by atoms with Crippen molar-refractivity contribution in [2.24, 2.45) is 10.8 Å². The van der Waals surface area contributed by atoms with E-state index < -0.39 is 5.41 Å². The zero-order valence-electron chi connectivity index (χ0n) is 12.8. The summed E-state index contributed by atoms with van der Waals surface area (Å²) in [6.07, 6.45) is 2.39. The molecule has 3 rings (SSSR count). The quantitative estimate of drug-likeness (QED) is 0.790. The Balaban J connectivity index is 1.79. The number of ketones is 1. The average Bonchev–Trinajstić information content (AvgIpc) is 2.85. The van der Waals surface area contributed by atoms with E-state index in [9.17, 15) is 9.59 Å². The highest BCUT2D eigenvalue weighted by molar-refractivity contribution is 6.04. The van der Waals surface area contributed by atoms with Gasteiger partial charge in [-0.15, -0.1) is 0 Å². The van der Waals surface area contributed by atoms with Gasteiger partial charge in [0.25, 0.3) is 5.91 Å². The van der Waals surface area contributed by atoms with E-state index in [-0.39, 0.29) is 28.4 Å². The van der Waals surface area contributed by atoms with Gasteiger partial charge in [-0.1, -0.05) is 25.1 Å². The molecule has 1 amide bonds. The fourth-order valence-corrected chi connectivity index (χ4v) is 3.51. The molecule has 0 N–H and O–H groups in total. The molecule has 0 aromatic carbocycles. The molecule has 1 aliphatic heterocycles. The molecule has 1 spiro atoms. The van der Waals surface area contributed by atoms with E-state index in [0.717, 1.165) is 0 Å². The van der Waals surface area contributed by atoms with Crippen LogP contribution < -0.4 is 0 Å². The summed E-state index contributed by atoms with van der Waals surface area (Å²) in [6, 6.07) is 3.60. The molecule has 1 aromatic rings. The van der Waals surface area contributed by atoms with E-state index in [0.29, 0.717) is 25.2 Å². The number of carbonyl (C=O) groups is 2. The van der Waals surface area contributed by atoms with Crippen LogP contribution in [-0.2, 0) is 4.79 Å². The fourth-order valence-electron chi connectivity index (χ4n) is 3.51. The van der Waals surface area contributed by atoms with E-state index in [2.05, 4.69) is 5.16 Å². The summed E-state index contributed by atoms with van der Waals surface area (Å²) in [6.45, 7) is 6.45. The molecule has 0 atom stereocenters. The number of nitrogens with zero attached hydrogens (tertiary/aromatic N) is 3. The number of allylic oxidation sites excluding steroid dienone is 1. The Kier molecular flexibility index (Phi) is 2.99. The predicted molar refractivity (Wildman–Crippen MR) is 76.7 cm³/mol. The summed E-state index contributed by atoms with van der Waals surface area (Å²) in [5.74, 6) is -0.0907. The first-order valence-corrected chi connectivity index (χ1v) is 7.17. The van der Waals surface area contributed by atoms with Crippen molar-refractivity contribution in [3.63, 3.8) is 0 Å². The van der Waals surface area contributed by atoms with Gasteiger partial charge in [0.15, 0.2) is 5.78 Å². The summed E-state index contributed by atoms with van der Waals surface area (Å²) in [7, 11) is 0. The number of nitriles is 1. The Hall–Kier alpha value is -2.42. The number of aryl methyl sites for hydroxylation is 1. The standard InChI is InChI=1S/C16H17N3O3/c1-10-4-12(22-18-10)14(21)19-8-16(9-19)5-11(6-17)13(20)15(2,3)7-16/h4-5H,7-9H2,1-3H3. The maximum absolute atomic E-state index is 12.3. The van der Waals surface area contributed by atoms with E-state index in [4.69, 9.17) is 9.78 Å². The fraction of sp³-hybridized carbons (Fsp3) is 0.500. The molecule has 1 saturated heterocycles. The molecule has 2 heterocycles. The first kappa shape index (κ1) is 14.5. The van der Waals surface area contributed by atoms with Gasteiger partial charge >= 0.3 is 0 Å². The molecule has 0 saturated carbocycles. The third-order valence-corrected chi connectivity index (χ3v) is 4.36. The van der Waals surface area contributed by atoms with Gasteiger partial charge in [0.2, 0.25) is 5.76 Å². The van der Waals surface area contributed by atoms with Crippen molar-refractivity contribution >= 4 is 11.7 Å². The van der Waals surface area contributed by atoms with Crippen molar-refractivity contribution in [2.45, 2.75) is 27.2 Å². The molecule has 1 aromatic heterocycles. The van der Waals surface area contributed by atoms with Crippen LogP contribution in [0.25, 0.3) is 0 Å². The molecule has 6 heteroatoms. The van der Waals surface area contributed by atoms with Gasteiger partial charge in [0.05, 0.1) is 11.3 Å². The van der Waals surface area contributed by atoms with E-state index in [1.165, 1.54) is 0 Å². The van der Waals surface area contributed by atoms with Crippen molar-refractivity contribution in [3.8, 4) is 6.07 Å². The zero-order chi connectivity index (χ0) is 16.1. The number of Topliss-reactive ketones (excluding diaryl/α,β-unsaturated/α-hetero) is 1. The monoisotopic (exact) mass is 299 g/mol. The number of rotatable bonds is 1. The maximum atomic E-state index is 12.3. The minimum atomic E-state index is -0.572. The van der Waals surface area contributed by atoms with Crippen LogP contribution in [0.1, 0.15) is 36.5 Å². The normalized spacial score (nSPS) is 22.0. The molecule has 114 valence electrons. The van der Waals surface area contributed by atoms with E-state index in [1.54, 1.807) is 24.0 Å². The SMILES string of the molecule is Cc1cc(C(=O)N2CC3(C=C(C#N)C(=O)C(C)(C)C3)C2)on1. The molecule has 2 aliphatic rings. The lowest BCUT2D eigenvalue weighted by atomic mass is 9.61. The van der Waals surface area contributed by atoms with Crippen molar-refractivity contribution < 1.29 is 14.1 Å². The van der Waals surface area contributed by atoms with Crippen LogP contribution in [0.3, 0.4) is 0 Å². The van der Waals surface area contributed by atoms with Gasteiger partial charge in [0, 0.05) is 30.0 Å². The number of hydrogen-bond donors (Lipinski definition) is 0. The Morgan fingerprint density at radius 2 is 2.14 bits per heavy atom. The molecular formula is C16H17N3O3. The number of aromatic nitrogens is 1. The number of likely N-dealkylation sites (tertiary alicyclic amines) is 1. The Morgan fingerprint density at radius 3 is 2.68 bits per heavy atom. The Bertz CT molecular complexity index is 730. The van der Waals surface area contributed by atoms with Gasteiger partial charge in [0.1, 0.15) is 6.07 Å². The zero-order valence-corrected chi connectivity index (χ0v) is 12.8. The minimum absolute atomic E-state index is 0.115. The lowest BCUT2D eigenvalue weighted by molar-refractivity contribution is -0.127. The van der Waals surface area contributed by atoms with Gasteiger partial charge in [-0.2, -0.15) is 5.26 Å². The maximum Gasteiger partial charge on any atom is 0.292 e. The largest absolute Gasteiger partial charge is 0.351 e. The van der Waals surface area contributed by atoms with Gasteiger partial charge in [-0.3, -0.25) is 9.59 Å². The Morgan fingerprint density at radius 1 is 1.45 bits per heavy atom. The van der Waals surface area contributed by atoms with Crippen LogP contribution in [0.2, 0.25) is 0 Å². The van der Waals surface area contributed by atoms with Crippen LogP contribution in [0.4, 0.5) is 0 Å². The molecule has 0 bridgehead atoms. The Labute approximate surface area is 128 Å². The van der Waals surface area contributed by atoms with Gasteiger partial charge < -0.3 is 9.42 Å². The lowest BCUT2D eigenvalue weighted by Gasteiger charge is -2.52. The molecule has 6 nitrogen and oxygen atoms in total. The first-order chi connectivity index (χ1) is 10.3. The van der Waals surface area contributed by atoms with Crippen LogP contribution in [0.15, 0.2) is 22.2 Å². The summed E-state index contributed by atoms with van der Waals surface area (Å²) < 4.78 is 5.00. The highest BCUT2D eigenvalue weighted by Gasteiger charge is 2.52. The smallest absolute Gasteiger partial charge is 0.292 e. The number of amides is 1. The van der Waals surface area contributed by atoms with Crippen molar-refractivity contribution in [3.05, 3.63) is 29.2 Å². The molecule has 0 radical (unpaired) electrons. The van der Waals surface area contributed by atoms with E-state index in [1.807, 2.05) is 19.9 Å². The van der Waals surface area contributed by atoms with Crippen LogP contribution in [0, 0.1) is 29.1 Å². The van der Waals surface area contributed by atoms with Crippen molar-refractivity contribution in [2.75, 3.05) is 13.1 Å². The topological polar surface area (TPSA) is 87.2 Å². The van der Waals surface area contributed by atoms with Gasteiger partial charge in [-0.05, 0) is 13.3 Å². The third-order valence-electron chi connectivity index (χ3n) is 4.36. The molecule has 1 fully saturated rings. The molecule has 22 heavy (non-hydrogen) atoms. The third kappa shape index (κ3) is 2.13. The number of hydrogen-bond acceptors (Lipinski definition) is 5. The lowest BCUT2D eigenvalue weighted by Crippen LogP contribution is -2.60. The van der Waals surface area contributed by atoms with Crippen molar-refractivity contribution in [1.29, 1.82) is 5.26 Å². The van der Waals surface area contributed by atoms with Crippen LogP contribution in [-0.4, -0.2) is 34.8 Å². The summed E-state index contributed by atoms with van der Waals surface area (Å²) in [4.78, 5) is 26.1. The van der Waals surface area contributed by atoms with Crippen molar-refractivity contribution in [1.82, 2.24) is 10.1 Å². The molecule has 0 unspecified atom stereocenters. The van der Waals surface area contributed by atoms with Crippen LogP contribution >= 0.6 is 0 Å². The summed E-state index contributed by atoms with van der Waals surface area (Å²) in [5, 5.41) is 12.9. The second-order valence-corrected chi connectivity index (χ2v) is 6.92. The molecular weight excluding hydrogens is 282 g/mol. The highest BCUT2D eigenvalue weighted by Crippen LogP contribution is 2.48. The average molecular weight is 299 g/mol. The minimum Gasteiger partial charge on any atom is -0.351 e. The second kappa shape index (κ2) is 4.54. The van der Waals surface area contributed by atoms with Crippen LogP contribution in [0.5, 0.6) is 0 Å². The van der Waals surface area contributed by atoms with E-state index >= 15 is 0 Å². The number of carbonyl (C=O) groups excluding carboxylic acids is 2. The second-order valence-electron chi connectivity index (χ2n) is 6.92. The summed E-state index contributed by atoms with van der Waals surface area (Å²) in [5.41, 5.74) is 0.0128. The highest BCUT2D eigenvalue weighted by atomic mass is 16.5. The van der Waals surface area contributed by atoms with Gasteiger partial charge in [-0.25, -0.2) is 0 Å².